The first-order valence-corrected chi connectivity index (χ1v) is 13.8. The Balaban J connectivity index is 1.46. The lowest BCUT2D eigenvalue weighted by Crippen LogP contribution is -2.43. The van der Waals surface area contributed by atoms with E-state index in [2.05, 4.69) is 5.32 Å². The molecule has 1 aliphatic heterocycles. The molecule has 0 unspecified atom stereocenters. The Morgan fingerprint density at radius 2 is 1.47 bits per heavy atom. The summed E-state index contributed by atoms with van der Waals surface area (Å²) in [6.45, 7) is 0.621. The number of carbonyl (C=O) groups is 2. The van der Waals surface area contributed by atoms with Crippen LogP contribution in [0.5, 0.6) is 28.7 Å². The van der Waals surface area contributed by atoms with Crippen molar-refractivity contribution in [3.05, 3.63) is 113 Å². The molecule has 0 radical (unpaired) electrons. The molecule has 0 aromatic heterocycles. The minimum absolute atomic E-state index is 0.0509. The molecule has 5 rings (SSSR count). The van der Waals surface area contributed by atoms with Gasteiger partial charge < -0.3 is 33.9 Å². The van der Waals surface area contributed by atoms with E-state index in [1.807, 2.05) is 78.9 Å². The second-order valence-corrected chi connectivity index (χ2v) is 9.95. The van der Waals surface area contributed by atoms with Crippen molar-refractivity contribution < 1.29 is 33.3 Å². The maximum absolute atomic E-state index is 14.1. The fourth-order valence-corrected chi connectivity index (χ4v) is 4.96. The van der Waals surface area contributed by atoms with Crippen LogP contribution in [0.1, 0.15) is 28.3 Å². The third-order valence-corrected chi connectivity index (χ3v) is 7.21. The van der Waals surface area contributed by atoms with Crippen molar-refractivity contribution in [3.8, 4) is 28.7 Å². The fraction of sp³-hybridized carbons (Fsp3) is 0.235. The lowest BCUT2D eigenvalue weighted by atomic mass is 10.0. The number of nitrogens with one attached hydrogen (secondary N) is 1. The first-order chi connectivity index (χ1) is 21.0. The van der Waals surface area contributed by atoms with E-state index in [1.165, 1.54) is 0 Å². The van der Waals surface area contributed by atoms with Gasteiger partial charge in [-0.2, -0.15) is 0 Å². The van der Waals surface area contributed by atoms with Crippen LogP contribution in [-0.2, 0) is 29.1 Å². The van der Waals surface area contributed by atoms with Crippen LogP contribution in [0.15, 0.2) is 91.0 Å². The number of ether oxygens (including phenoxy) is 5. The molecule has 9 nitrogen and oxygen atoms in total. The van der Waals surface area contributed by atoms with Crippen molar-refractivity contribution in [2.75, 3.05) is 28.1 Å². The summed E-state index contributed by atoms with van der Waals surface area (Å²) >= 11 is 0. The molecule has 1 atom stereocenters. The summed E-state index contributed by atoms with van der Waals surface area (Å²) in [5.74, 6) is 2.57. The summed E-state index contributed by atoms with van der Waals surface area (Å²) in [5, 5.41) is 3.04. The number of hydrogen-bond acceptors (Lipinski definition) is 7. The number of fused-ring (bicyclic) bond motifs is 1. The Kier molecular flexibility index (Phi) is 9.31. The Bertz CT molecular complexity index is 1560. The summed E-state index contributed by atoms with van der Waals surface area (Å²) in [4.78, 5) is 29.8. The van der Waals surface area contributed by atoms with E-state index in [4.69, 9.17) is 23.7 Å². The molecule has 0 fully saturated rings. The Morgan fingerprint density at radius 3 is 2.19 bits per heavy atom. The third kappa shape index (κ3) is 7.01. The Hall–Kier alpha value is -5.18. The van der Waals surface area contributed by atoms with Gasteiger partial charge in [-0.15, -0.1) is 0 Å². The van der Waals surface area contributed by atoms with Crippen molar-refractivity contribution in [2.24, 2.45) is 0 Å². The minimum atomic E-state index is -0.898. The quantitative estimate of drug-likeness (QED) is 0.249. The summed E-state index contributed by atoms with van der Waals surface area (Å²) < 4.78 is 27.0. The van der Waals surface area contributed by atoms with Gasteiger partial charge in [-0.3, -0.25) is 9.59 Å². The van der Waals surface area contributed by atoms with E-state index in [-0.39, 0.29) is 38.1 Å². The van der Waals surface area contributed by atoms with E-state index in [1.54, 1.807) is 38.4 Å². The summed E-state index contributed by atoms with van der Waals surface area (Å²) in [6, 6.07) is 26.8. The molecule has 0 saturated heterocycles. The highest BCUT2D eigenvalue weighted by Crippen LogP contribution is 2.33. The van der Waals surface area contributed by atoms with Crippen LogP contribution in [0.3, 0.4) is 0 Å². The second kappa shape index (κ2) is 13.7. The molecule has 222 valence electrons. The van der Waals surface area contributed by atoms with Gasteiger partial charge in [0.15, 0.2) is 23.0 Å². The molecule has 1 heterocycles. The average molecular weight is 583 g/mol. The number of amides is 2. The molecule has 0 spiro atoms. The molecule has 4 aromatic rings. The Labute approximate surface area is 250 Å². The van der Waals surface area contributed by atoms with Gasteiger partial charge in [-0.25, -0.2) is 0 Å². The van der Waals surface area contributed by atoms with Gasteiger partial charge >= 0.3 is 0 Å². The number of hydrogen-bond donors (Lipinski definition) is 1. The summed E-state index contributed by atoms with van der Waals surface area (Å²) in [6.07, 6.45) is 0.0509. The highest BCUT2D eigenvalue weighted by Gasteiger charge is 2.32. The van der Waals surface area contributed by atoms with Crippen LogP contribution in [0, 0.1) is 0 Å². The highest BCUT2D eigenvalue weighted by atomic mass is 16.7. The second-order valence-electron chi connectivity index (χ2n) is 9.95. The predicted molar refractivity (Wildman–Crippen MR) is 160 cm³/mol. The van der Waals surface area contributed by atoms with Gasteiger partial charge in [0.05, 0.1) is 27.8 Å². The highest BCUT2D eigenvalue weighted by molar-refractivity contribution is 5.89. The molecule has 0 aliphatic carbocycles. The van der Waals surface area contributed by atoms with Crippen molar-refractivity contribution in [2.45, 2.75) is 25.6 Å². The van der Waals surface area contributed by atoms with Gasteiger partial charge in [0.25, 0.3) is 0 Å². The van der Waals surface area contributed by atoms with Crippen LogP contribution in [-0.4, -0.2) is 44.8 Å². The maximum Gasteiger partial charge on any atom is 0.247 e. The van der Waals surface area contributed by atoms with E-state index in [9.17, 15) is 9.59 Å². The summed E-state index contributed by atoms with van der Waals surface area (Å²) in [7, 11) is 4.71. The monoisotopic (exact) mass is 582 g/mol. The minimum Gasteiger partial charge on any atom is -0.497 e. The molecule has 0 saturated carbocycles. The maximum atomic E-state index is 14.1. The standard InChI is InChI=1S/C34H34N2O7/c1-39-27-13-9-23(10-14-27)21-36(32(37)19-24-11-15-28(40-2)30(17-24)41-3)33(26-7-5-4-6-8-26)34(38)35-20-25-12-16-29-31(18-25)43-22-42-29/h4-18,33H,19-22H2,1-3H3,(H,35,38)/t33-/m0/s1. The molecule has 9 heteroatoms. The number of benzene rings is 4. The van der Waals surface area contributed by atoms with Crippen molar-refractivity contribution in [1.82, 2.24) is 10.2 Å². The lowest BCUT2D eigenvalue weighted by molar-refractivity contribution is -0.141. The molecule has 0 bridgehead atoms. The van der Waals surface area contributed by atoms with E-state index >= 15 is 0 Å². The van der Waals surface area contributed by atoms with Crippen LogP contribution in [0.25, 0.3) is 0 Å². The fourth-order valence-electron chi connectivity index (χ4n) is 4.96. The molecule has 1 N–H and O–H groups in total. The number of rotatable bonds is 12. The zero-order chi connectivity index (χ0) is 30.2. The van der Waals surface area contributed by atoms with Gasteiger partial charge in [0.1, 0.15) is 11.8 Å². The molecule has 1 aliphatic rings. The SMILES string of the molecule is COc1ccc(CN(C(=O)Cc2ccc(OC)c(OC)c2)[C@H](C(=O)NCc2ccc3c(c2)OCO3)c2ccccc2)cc1. The van der Waals surface area contributed by atoms with Gasteiger partial charge in [-0.05, 0) is 58.7 Å². The van der Waals surface area contributed by atoms with Gasteiger partial charge in [-0.1, -0.05) is 54.6 Å². The van der Waals surface area contributed by atoms with Crippen LogP contribution < -0.4 is 29.0 Å². The first-order valence-electron chi connectivity index (χ1n) is 13.8. The molecule has 2 amide bonds. The van der Waals surface area contributed by atoms with Gasteiger partial charge in [0, 0.05) is 13.1 Å². The first kappa shape index (κ1) is 29.3. The van der Waals surface area contributed by atoms with E-state index in [0.717, 1.165) is 16.7 Å². The van der Waals surface area contributed by atoms with Crippen LogP contribution in [0.4, 0.5) is 0 Å². The van der Waals surface area contributed by atoms with Crippen LogP contribution in [0.2, 0.25) is 0 Å². The van der Waals surface area contributed by atoms with Crippen molar-refractivity contribution >= 4 is 11.8 Å². The molecule has 43 heavy (non-hydrogen) atoms. The van der Waals surface area contributed by atoms with Gasteiger partial charge in [0.2, 0.25) is 18.6 Å². The van der Waals surface area contributed by atoms with E-state index in [0.29, 0.717) is 34.3 Å². The molecular weight excluding hydrogens is 548 g/mol. The zero-order valence-corrected chi connectivity index (χ0v) is 24.4. The molecule has 4 aromatic carbocycles. The number of carbonyl (C=O) groups excluding carboxylic acids is 2. The topological polar surface area (TPSA) is 95.6 Å². The number of methoxy groups -OCH3 is 3. The third-order valence-electron chi connectivity index (χ3n) is 7.21. The summed E-state index contributed by atoms with van der Waals surface area (Å²) in [5.41, 5.74) is 3.13. The zero-order valence-electron chi connectivity index (χ0n) is 24.4. The van der Waals surface area contributed by atoms with E-state index < -0.39 is 6.04 Å². The van der Waals surface area contributed by atoms with Crippen molar-refractivity contribution in [3.63, 3.8) is 0 Å². The normalized spacial score (nSPS) is 12.3. The largest absolute Gasteiger partial charge is 0.497 e. The number of nitrogens with zero attached hydrogens (tertiary/aromatic N) is 1. The van der Waals surface area contributed by atoms with Crippen molar-refractivity contribution in [1.29, 1.82) is 0 Å². The van der Waals surface area contributed by atoms with Crippen LogP contribution >= 0.6 is 0 Å². The predicted octanol–water partition coefficient (Wildman–Crippen LogP) is 5.07. The smallest absolute Gasteiger partial charge is 0.247 e. The molecular formula is C34H34N2O7. The Morgan fingerprint density at radius 1 is 0.767 bits per heavy atom. The lowest BCUT2D eigenvalue weighted by Gasteiger charge is -2.32. The average Bonchev–Trinajstić information content (AvgIpc) is 3.52.